The van der Waals surface area contributed by atoms with Crippen molar-refractivity contribution in [1.29, 1.82) is 0 Å². The molecule has 60 valence electrons. The topological polar surface area (TPSA) is 32.3 Å². The van der Waals surface area contributed by atoms with Crippen molar-refractivity contribution in [2.75, 3.05) is 13.1 Å². The molecule has 0 aromatic rings. The van der Waals surface area contributed by atoms with E-state index in [1.807, 2.05) is 6.92 Å². The van der Waals surface area contributed by atoms with Gasteiger partial charge in [-0.3, -0.25) is 0 Å². The molecular formula is C8H17NO. The first-order valence-electron chi connectivity index (χ1n) is 4.01. The highest BCUT2D eigenvalue weighted by atomic mass is 16.3. The predicted molar refractivity (Wildman–Crippen MR) is 41.9 cm³/mol. The molecule has 0 aliphatic heterocycles. The molecular weight excluding hydrogens is 126 g/mol. The lowest BCUT2D eigenvalue weighted by Crippen LogP contribution is -2.29. The van der Waals surface area contributed by atoms with Gasteiger partial charge in [0.15, 0.2) is 0 Å². The molecule has 0 radical (unpaired) electrons. The number of hydrogen-bond acceptors (Lipinski definition) is 2. The van der Waals surface area contributed by atoms with Crippen LogP contribution in [-0.2, 0) is 0 Å². The predicted octanol–water partition coefficient (Wildman–Crippen LogP) is 0.757. The van der Waals surface area contributed by atoms with Gasteiger partial charge in [0.1, 0.15) is 0 Å². The van der Waals surface area contributed by atoms with Crippen molar-refractivity contribution in [3.63, 3.8) is 0 Å². The first kappa shape index (κ1) is 8.02. The smallest absolute Gasteiger partial charge is 0.0636 e. The molecule has 2 N–H and O–H groups in total. The Morgan fingerprint density at radius 2 is 2.20 bits per heavy atom. The fraction of sp³-hybridized carbons (Fsp3) is 1.00. The fourth-order valence-electron chi connectivity index (χ4n) is 0.973. The van der Waals surface area contributed by atoms with Gasteiger partial charge in [0, 0.05) is 13.1 Å². The number of rotatable bonds is 4. The molecule has 2 nitrogen and oxygen atoms in total. The molecule has 2 heteroatoms. The summed E-state index contributed by atoms with van der Waals surface area (Å²) >= 11 is 0. The van der Waals surface area contributed by atoms with E-state index in [0.29, 0.717) is 5.41 Å². The van der Waals surface area contributed by atoms with Crippen molar-refractivity contribution in [2.45, 2.75) is 32.8 Å². The van der Waals surface area contributed by atoms with Crippen LogP contribution < -0.4 is 5.32 Å². The standard InChI is InChI=1S/C8H17NO/c1-7(10)5-9-6-8(2)3-4-8/h7,9-10H,3-6H2,1-2H3/t7-/m1/s1. The van der Waals surface area contributed by atoms with Gasteiger partial charge < -0.3 is 10.4 Å². The molecule has 10 heavy (non-hydrogen) atoms. The minimum Gasteiger partial charge on any atom is -0.392 e. The fourth-order valence-corrected chi connectivity index (χ4v) is 0.973. The molecule has 1 fully saturated rings. The Morgan fingerprint density at radius 3 is 2.60 bits per heavy atom. The summed E-state index contributed by atoms with van der Waals surface area (Å²) < 4.78 is 0. The Hall–Kier alpha value is -0.0800. The molecule has 0 heterocycles. The van der Waals surface area contributed by atoms with E-state index in [1.165, 1.54) is 12.8 Å². The van der Waals surface area contributed by atoms with Crippen LogP contribution in [0.5, 0.6) is 0 Å². The molecule has 0 bridgehead atoms. The van der Waals surface area contributed by atoms with Crippen LogP contribution in [0.2, 0.25) is 0 Å². The van der Waals surface area contributed by atoms with Crippen LogP contribution in [0.3, 0.4) is 0 Å². The zero-order chi connectivity index (χ0) is 7.61. The number of aliphatic hydroxyl groups excluding tert-OH is 1. The van der Waals surface area contributed by atoms with E-state index in [1.54, 1.807) is 0 Å². The van der Waals surface area contributed by atoms with Crippen molar-refractivity contribution in [3.05, 3.63) is 0 Å². The molecule has 0 aromatic heterocycles. The third-order valence-electron chi connectivity index (χ3n) is 2.10. The Labute approximate surface area is 62.6 Å². The average Bonchev–Trinajstić information content (AvgIpc) is 2.47. The first-order chi connectivity index (χ1) is 4.62. The Kier molecular flexibility index (Phi) is 2.32. The summed E-state index contributed by atoms with van der Waals surface area (Å²) in [5.41, 5.74) is 0.564. The van der Waals surface area contributed by atoms with Crippen LogP contribution in [-0.4, -0.2) is 24.3 Å². The molecule has 0 unspecified atom stereocenters. The van der Waals surface area contributed by atoms with Gasteiger partial charge in [-0.25, -0.2) is 0 Å². The summed E-state index contributed by atoms with van der Waals surface area (Å²) in [6.45, 7) is 5.89. The molecule has 1 aliphatic rings. The zero-order valence-corrected chi connectivity index (χ0v) is 6.85. The van der Waals surface area contributed by atoms with E-state index < -0.39 is 0 Å². The van der Waals surface area contributed by atoms with Crippen molar-refractivity contribution < 1.29 is 5.11 Å². The SMILES string of the molecule is C[C@@H](O)CNCC1(C)CC1. The van der Waals surface area contributed by atoms with E-state index in [9.17, 15) is 0 Å². The van der Waals surface area contributed by atoms with Gasteiger partial charge in [-0.1, -0.05) is 6.92 Å². The molecule has 1 atom stereocenters. The Bertz CT molecular complexity index is 108. The molecule has 0 aromatic carbocycles. The molecule has 0 spiro atoms. The van der Waals surface area contributed by atoms with Gasteiger partial charge in [-0.2, -0.15) is 0 Å². The summed E-state index contributed by atoms with van der Waals surface area (Å²) in [5.74, 6) is 0. The van der Waals surface area contributed by atoms with Crippen molar-refractivity contribution >= 4 is 0 Å². The molecule has 1 rings (SSSR count). The van der Waals surface area contributed by atoms with Crippen LogP contribution in [0.15, 0.2) is 0 Å². The van der Waals surface area contributed by atoms with E-state index in [4.69, 9.17) is 5.11 Å². The largest absolute Gasteiger partial charge is 0.392 e. The molecule has 0 amide bonds. The van der Waals surface area contributed by atoms with Crippen LogP contribution in [0, 0.1) is 5.41 Å². The number of aliphatic hydroxyl groups is 1. The zero-order valence-electron chi connectivity index (χ0n) is 6.85. The number of nitrogens with one attached hydrogen (secondary N) is 1. The monoisotopic (exact) mass is 143 g/mol. The van der Waals surface area contributed by atoms with Gasteiger partial charge in [-0.05, 0) is 25.2 Å². The van der Waals surface area contributed by atoms with E-state index >= 15 is 0 Å². The molecule has 1 aliphatic carbocycles. The first-order valence-corrected chi connectivity index (χ1v) is 4.01. The second kappa shape index (κ2) is 2.89. The second-order valence-corrected chi connectivity index (χ2v) is 3.79. The molecule has 0 saturated heterocycles. The summed E-state index contributed by atoms with van der Waals surface area (Å²) in [6, 6.07) is 0. The third kappa shape index (κ3) is 2.67. The normalized spacial score (nSPS) is 24.3. The minimum absolute atomic E-state index is 0.206. The highest BCUT2D eigenvalue weighted by Gasteiger charge is 2.36. The molecule has 1 saturated carbocycles. The summed E-state index contributed by atoms with van der Waals surface area (Å²) in [6.07, 6.45) is 2.49. The second-order valence-electron chi connectivity index (χ2n) is 3.79. The van der Waals surface area contributed by atoms with E-state index in [2.05, 4.69) is 12.2 Å². The maximum absolute atomic E-state index is 8.91. The van der Waals surface area contributed by atoms with Gasteiger partial charge in [-0.15, -0.1) is 0 Å². The van der Waals surface area contributed by atoms with Crippen LogP contribution in [0.4, 0.5) is 0 Å². The van der Waals surface area contributed by atoms with Crippen LogP contribution in [0.25, 0.3) is 0 Å². The van der Waals surface area contributed by atoms with Crippen molar-refractivity contribution in [3.8, 4) is 0 Å². The van der Waals surface area contributed by atoms with E-state index in [-0.39, 0.29) is 6.10 Å². The highest BCUT2D eigenvalue weighted by Crippen LogP contribution is 2.43. The van der Waals surface area contributed by atoms with Gasteiger partial charge in [0.05, 0.1) is 6.10 Å². The van der Waals surface area contributed by atoms with E-state index in [0.717, 1.165) is 13.1 Å². The lowest BCUT2D eigenvalue weighted by Gasteiger charge is -2.10. The van der Waals surface area contributed by atoms with Gasteiger partial charge >= 0.3 is 0 Å². The van der Waals surface area contributed by atoms with Crippen LogP contribution in [0.1, 0.15) is 26.7 Å². The van der Waals surface area contributed by atoms with Gasteiger partial charge in [0.25, 0.3) is 0 Å². The number of hydrogen-bond donors (Lipinski definition) is 2. The lowest BCUT2D eigenvalue weighted by atomic mass is 10.1. The maximum atomic E-state index is 8.91. The van der Waals surface area contributed by atoms with Crippen molar-refractivity contribution in [2.24, 2.45) is 5.41 Å². The Morgan fingerprint density at radius 1 is 1.60 bits per heavy atom. The summed E-state index contributed by atoms with van der Waals surface area (Å²) in [4.78, 5) is 0. The highest BCUT2D eigenvalue weighted by molar-refractivity contribution is 4.90. The average molecular weight is 143 g/mol. The lowest BCUT2D eigenvalue weighted by molar-refractivity contribution is 0.189. The van der Waals surface area contributed by atoms with Crippen LogP contribution >= 0.6 is 0 Å². The van der Waals surface area contributed by atoms with Crippen molar-refractivity contribution in [1.82, 2.24) is 5.32 Å². The quantitative estimate of drug-likeness (QED) is 0.609. The summed E-state index contributed by atoms with van der Waals surface area (Å²) in [5, 5.41) is 12.1. The Balaban J connectivity index is 1.95. The minimum atomic E-state index is -0.206. The van der Waals surface area contributed by atoms with Gasteiger partial charge in [0.2, 0.25) is 0 Å². The summed E-state index contributed by atoms with van der Waals surface area (Å²) in [7, 11) is 0. The maximum Gasteiger partial charge on any atom is 0.0636 e. The third-order valence-corrected chi connectivity index (χ3v) is 2.10.